The van der Waals surface area contributed by atoms with Gasteiger partial charge >= 0.3 is 5.69 Å². The molecule has 2 aromatic rings. The highest BCUT2D eigenvalue weighted by Gasteiger charge is 2.36. The molecular formula is C12H14N4O2. The number of imidazole rings is 1. The highest BCUT2D eigenvalue weighted by atomic mass is 16.2. The molecule has 1 fully saturated rings. The summed E-state index contributed by atoms with van der Waals surface area (Å²) in [4.78, 5) is 26.0. The van der Waals surface area contributed by atoms with E-state index >= 15 is 0 Å². The summed E-state index contributed by atoms with van der Waals surface area (Å²) in [5.74, 6) is 4.86. The van der Waals surface area contributed by atoms with Crippen LogP contribution in [0.2, 0.25) is 0 Å². The maximum absolute atomic E-state index is 11.9. The van der Waals surface area contributed by atoms with Gasteiger partial charge in [0.25, 0.3) is 0 Å². The van der Waals surface area contributed by atoms with Crippen molar-refractivity contribution in [1.29, 1.82) is 0 Å². The van der Waals surface area contributed by atoms with Crippen LogP contribution in [0.15, 0.2) is 29.1 Å². The lowest BCUT2D eigenvalue weighted by Gasteiger charge is -2.34. The van der Waals surface area contributed by atoms with E-state index in [-0.39, 0.29) is 23.6 Å². The molecule has 6 heteroatoms. The van der Waals surface area contributed by atoms with Crippen molar-refractivity contribution in [1.82, 2.24) is 15.0 Å². The van der Waals surface area contributed by atoms with Gasteiger partial charge in [0.1, 0.15) is 0 Å². The Bertz CT molecular complexity index is 651. The van der Waals surface area contributed by atoms with Crippen LogP contribution in [-0.4, -0.2) is 15.5 Å². The highest BCUT2D eigenvalue weighted by molar-refractivity contribution is 5.79. The van der Waals surface area contributed by atoms with Crippen molar-refractivity contribution in [2.45, 2.75) is 18.9 Å². The fourth-order valence-electron chi connectivity index (χ4n) is 2.57. The second-order valence-electron chi connectivity index (χ2n) is 4.65. The number of fused-ring (bicyclic) bond motifs is 1. The molecule has 1 aliphatic rings. The van der Waals surface area contributed by atoms with Crippen molar-refractivity contribution in [2.75, 3.05) is 0 Å². The Morgan fingerprint density at radius 1 is 1.39 bits per heavy atom. The molecule has 1 amide bonds. The third kappa shape index (κ3) is 1.53. The fraction of sp³-hybridized carbons (Fsp3) is 0.333. The predicted octanol–water partition coefficient (Wildman–Crippen LogP) is 0.271. The smallest absolute Gasteiger partial charge is 0.306 e. The van der Waals surface area contributed by atoms with Crippen LogP contribution in [-0.2, 0) is 4.79 Å². The lowest BCUT2D eigenvalue weighted by Crippen LogP contribution is -2.43. The Morgan fingerprint density at radius 3 is 2.83 bits per heavy atom. The number of carbonyl (C=O) groups excluding carboxylic acids is 1. The van der Waals surface area contributed by atoms with Crippen LogP contribution >= 0.6 is 0 Å². The molecule has 94 valence electrons. The summed E-state index contributed by atoms with van der Waals surface area (Å²) >= 11 is 0. The average Bonchev–Trinajstić information content (AvgIpc) is 2.64. The van der Waals surface area contributed by atoms with E-state index < -0.39 is 0 Å². The predicted molar refractivity (Wildman–Crippen MR) is 66.6 cm³/mol. The molecule has 0 aliphatic heterocycles. The summed E-state index contributed by atoms with van der Waals surface area (Å²) in [6.45, 7) is 0. The zero-order valence-electron chi connectivity index (χ0n) is 9.72. The number of nitrogens with two attached hydrogens (primary N) is 1. The molecule has 0 atom stereocenters. The van der Waals surface area contributed by atoms with Gasteiger partial charge in [-0.25, -0.2) is 10.6 Å². The Kier molecular flexibility index (Phi) is 2.45. The van der Waals surface area contributed by atoms with E-state index in [1.165, 1.54) is 0 Å². The van der Waals surface area contributed by atoms with Gasteiger partial charge in [-0.3, -0.25) is 14.8 Å². The number of H-pyrrole nitrogens is 1. The minimum atomic E-state index is -0.154. The average molecular weight is 246 g/mol. The standard InChI is InChI=1S/C12H14N4O2/c13-15-11(17)7-5-8(6-7)16-10-4-2-1-3-9(10)14-12(16)18/h1-4,7-8H,5-6,13H2,(H,14,18)(H,15,17). The fourth-order valence-corrected chi connectivity index (χ4v) is 2.57. The molecule has 0 spiro atoms. The van der Waals surface area contributed by atoms with E-state index in [0.717, 1.165) is 11.0 Å². The van der Waals surface area contributed by atoms with Gasteiger partial charge in [0, 0.05) is 12.0 Å². The molecule has 1 saturated carbocycles. The lowest BCUT2D eigenvalue weighted by molar-refractivity contribution is -0.128. The molecule has 6 nitrogen and oxygen atoms in total. The van der Waals surface area contributed by atoms with Crippen LogP contribution in [0, 0.1) is 5.92 Å². The molecule has 0 saturated heterocycles. The summed E-state index contributed by atoms with van der Waals surface area (Å²) in [6.07, 6.45) is 1.32. The van der Waals surface area contributed by atoms with Crippen LogP contribution in [0.1, 0.15) is 18.9 Å². The summed E-state index contributed by atoms with van der Waals surface area (Å²) in [7, 11) is 0. The van der Waals surface area contributed by atoms with Crippen LogP contribution in [0.4, 0.5) is 0 Å². The lowest BCUT2D eigenvalue weighted by atomic mass is 9.79. The maximum atomic E-state index is 11.9. The molecular weight excluding hydrogens is 232 g/mol. The Morgan fingerprint density at radius 2 is 2.11 bits per heavy atom. The molecule has 1 aromatic carbocycles. The Balaban J connectivity index is 1.91. The number of aromatic amines is 1. The van der Waals surface area contributed by atoms with Gasteiger partial charge < -0.3 is 4.98 Å². The van der Waals surface area contributed by atoms with Crippen molar-refractivity contribution in [3.63, 3.8) is 0 Å². The first-order valence-corrected chi connectivity index (χ1v) is 5.90. The molecule has 1 heterocycles. The molecule has 0 unspecified atom stereocenters. The number of para-hydroxylation sites is 2. The quantitative estimate of drug-likeness (QED) is 0.403. The van der Waals surface area contributed by atoms with Gasteiger partial charge in [0.15, 0.2) is 0 Å². The van der Waals surface area contributed by atoms with E-state index in [1.807, 2.05) is 24.3 Å². The Labute approximate surface area is 103 Å². The largest absolute Gasteiger partial charge is 0.326 e. The molecule has 1 aromatic heterocycles. The van der Waals surface area contributed by atoms with Gasteiger partial charge in [0.05, 0.1) is 11.0 Å². The van der Waals surface area contributed by atoms with Gasteiger partial charge in [0.2, 0.25) is 5.91 Å². The number of amides is 1. The number of aromatic nitrogens is 2. The van der Waals surface area contributed by atoms with Crippen LogP contribution in [0.5, 0.6) is 0 Å². The molecule has 3 rings (SSSR count). The van der Waals surface area contributed by atoms with E-state index in [2.05, 4.69) is 10.4 Å². The summed E-state index contributed by atoms with van der Waals surface area (Å²) in [6, 6.07) is 7.64. The molecule has 0 bridgehead atoms. The number of nitrogens with zero attached hydrogens (tertiary/aromatic N) is 1. The van der Waals surface area contributed by atoms with Crippen molar-refractivity contribution in [3.8, 4) is 0 Å². The van der Waals surface area contributed by atoms with Crippen LogP contribution in [0.25, 0.3) is 11.0 Å². The monoisotopic (exact) mass is 246 g/mol. The first-order chi connectivity index (χ1) is 8.70. The minimum Gasteiger partial charge on any atom is -0.306 e. The van der Waals surface area contributed by atoms with Crippen molar-refractivity contribution >= 4 is 16.9 Å². The second-order valence-corrected chi connectivity index (χ2v) is 4.65. The summed E-state index contributed by atoms with van der Waals surface area (Å²) in [5, 5.41) is 0. The van der Waals surface area contributed by atoms with Gasteiger partial charge in [-0.15, -0.1) is 0 Å². The zero-order valence-corrected chi connectivity index (χ0v) is 9.72. The van der Waals surface area contributed by atoms with Crippen molar-refractivity contribution < 1.29 is 4.79 Å². The van der Waals surface area contributed by atoms with E-state index in [9.17, 15) is 9.59 Å². The number of hydrazine groups is 1. The number of rotatable bonds is 2. The number of hydrogen-bond donors (Lipinski definition) is 3. The zero-order chi connectivity index (χ0) is 12.7. The molecule has 4 N–H and O–H groups in total. The molecule has 1 aliphatic carbocycles. The molecule has 0 radical (unpaired) electrons. The number of carbonyl (C=O) groups is 1. The molecule has 18 heavy (non-hydrogen) atoms. The first kappa shape index (κ1) is 11.0. The van der Waals surface area contributed by atoms with E-state index in [0.29, 0.717) is 12.8 Å². The van der Waals surface area contributed by atoms with E-state index in [4.69, 9.17) is 5.84 Å². The number of hydrogen-bond acceptors (Lipinski definition) is 3. The minimum absolute atomic E-state index is 0.0796. The van der Waals surface area contributed by atoms with Crippen molar-refractivity contribution in [3.05, 3.63) is 34.7 Å². The van der Waals surface area contributed by atoms with Crippen LogP contribution in [0.3, 0.4) is 0 Å². The van der Waals surface area contributed by atoms with Crippen LogP contribution < -0.4 is 17.0 Å². The van der Waals surface area contributed by atoms with Gasteiger partial charge in [-0.05, 0) is 25.0 Å². The van der Waals surface area contributed by atoms with Crippen molar-refractivity contribution in [2.24, 2.45) is 11.8 Å². The first-order valence-electron chi connectivity index (χ1n) is 5.90. The van der Waals surface area contributed by atoms with Gasteiger partial charge in [-0.2, -0.15) is 0 Å². The van der Waals surface area contributed by atoms with E-state index in [1.54, 1.807) is 4.57 Å². The number of benzene rings is 1. The third-order valence-corrected chi connectivity index (χ3v) is 3.62. The number of nitrogens with one attached hydrogen (secondary N) is 2. The Hall–Kier alpha value is -2.08. The normalized spacial score (nSPS) is 22.7. The highest BCUT2D eigenvalue weighted by Crippen LogP contribution is 2.38. The summed E-state index contributed by atoms with van der Waals surface area (Å²) in [5.41, 5.74) is 3.75. The topological polar surface area (TPSA) is 92.9 Å². The SMILES string of the molecule is NNC(=O)C1CC(n2c(=O)[nH]c3ccccc32)C1. The summed E-state index contributed by atoms with van der Waals surface area (Å²) < 4.78 is 1.73. The van der Waals surface area contributed by atoms with Gasteiger partial charge in [-0.1, -0.05) is 12.1 Å². The maximum Gasteiger partial charge on any atom is 0.326 e. The third-order valence-electron chi connectivity index (χ3n) is 3.62. The second kappa shape index (κ2) is 3.99.